The topological polar surface area (TPSA) is 92.3 Å². The Balaban J connectivity index is 2.97. The summed E-state index contributed by atoms with van der Waals surface area (Å²) in [5, 5.41) is 2.67. The highest BCUT2D eigenvalue weighted by Gasteiger charge is 2.29. The zero-order valence-corrected chi connectivity index (χ0v) is 21.4. The van der Waals surface area contributed by atoms with E-state index in [0.29, 0.717) is 37.6 Å². The average Bonchev–Trinajstić information content (AvgIpc) is 2.73. The Bertz CT molecular complexity index is 743. The van der Waals surface area contributed by atoms with Crippen molar-refractivity contribution in [3.8, 4) is 11.5 Å². The summed E-state index contributed by atoms with van der Waals surface area (Å²) >= 11 is 0. The molecule has 1 rings (SSSR count). The molecular formula is C25H41NO7. The number of amides is 1. The molecule has 1 N–H and O–H groups in total. The largest absolute Gasteiger partial charge is 0.493 e. The standard InChI is InChI=1S/C25H41NO7/c1-17(2)19(16-20(23(27)31-8)26-24(28)33-25(3,4)5)14-18-10-11-21(30-7)22(15-18)32-13-9-12-29-6/h10-11,15,17,19-20H,9,12-14,16H2,1-8H3,(H,26,28)/t19-,20-/m0/s1. The van der Waals surface area contributed by atoms with E-state index in [0.717, 1.165) is 12.0 Å². The van der Waals surface area contributed by atoms with Crippen LogP contribution in [0.3, 0.4) is 0 Å². The van der Waals surface area contributed by atoms with Gasteiger partial charge in [0.05, 0.1) is 20.8 Å². The van der Waals surface area contributed by atoms with Crippen LogP contribution in [0.15, 0.2) is 18.2 Å². The van der Waals surface area contributed by atoms with Crippen LogP contribution in [0.2, 0.25) is 0 Å². The number of methoxy groups -OCH3 is 3. The van der Waals surface area contributed by atoms with E-state index >= 15 is 0 Å². The number of benzene rings is 1. The number of carbonyl (C=O) groups is 2. The van der Waals surface area contributed by atoms with Crippen molar-refractivity contribution in [3.05, 3.63) is 23.8 Å². The Morgan fingerprint density at radius 2 is 1.73 bits per heavy atom. The number of hydrogen-bond acceptors (Lipinski definition) is 7. The average molecular weight is 468 g/mol. The van der Waals surface area contributed by atoms with E-state index in [1.54, 1.807) is 35.0 Å². The lowest BCUT2D eigenvalue weighted by Crippen LogP contribution is -2.45. The summed E-state index contributed by atoms with van der Waals surface area (Å²) in [7, 11) is 4.58. The minimum Gasteiger partial charge on any atom is -0.493 e. The Kier molecular flexibility index (Phi) is 12.1. The molecule has 188 valence electrons. The lowest BCUT2D eigenvalue weighted by atomic mass is 9.84. The van der Waals surface area contributed by atoms with Crippen LogP contribution in [0.5, 0.6) is 11.5 Å². The smallest absolute Gasteiger partial charge is 0.408 e. The van der Waals surface area contributed by atoms with Crippen LogP contribution in [-0.2, 0) is 25.4 Å². The number of alkyl carbamates (subject to hydrolysis) is 1. The van der Waals surface area contributed by atoms with Crippen molar-refractivity contribution in [2.24, 2.45) is 11.8 Å². The van der Waals surface area contributed by atoms with E-state index in [4.69, 9.17) is 23.7 Å². The van der Waals surface area contributed by atoms with Gasteiger partial charge in [0.2, 0.25) is 0 Å². The van der Waals surface area contributed by atoms with Crippen LogP contribution in [0.4, 0.5) is 4.79 Å². The van der Waals surface area contributed by atoms with Crippen LogP contribution in [0.1, 0.15) is 53.0 Å². The fraction of sp³-hybridized carbons (Fsp3) is 0.680. The van der Waals surface area contributed by atoms with Gasteiger partial charge in [0.1, 0.15) is 11.6 Å². The molecule has 0 fully saturated rings. The van der Waals surface area contributed by atoms with Crippen LogP contribution >= 0.6 is 0 Å². The summed E-state index contributed by atoms with van der Waals surface area (Å²) in [6.45, 7) is 10.7. The highest BCUT2D eigenvalue weighted by Crippen LogP contribution is 2.31. The third kappa shape index (κ3) is 10.8. The molecule has 0 bridgehead atoms. The molecule has 2 atom stereocenters. The Morgan fingerprint density at radius 3 is 2.27 bits per heavy atom. The van der Waals surface area contributed by atoms with E-state index in [-0.39, 0.29) is 11.8 Å². The summed E-state index contributed by atoms with van der Waals surface area (Å²) in [4.78, 5) is 24.7. The summed E-state index contributed by atoms with van der Waals surface area (Å²) in [5.41, 5.74) is 0.391. The number of rotatable bonds is 13. The molecule has 0 aromatic heterocycles. The van der Waals surface area contributed by atoms with Gasteiger partial charge in [-0.15, -0.1) is 0 Å². The van der Waals surface area contributed by atoms with Crippen molar-refractivity contribution in [2.45, 2.75) is 65.5 Å². The maximum absolute atomic E-state index is 12.4. The van der Waals surface area contributed by atoms with Gasteiger partial charge in [-0.25, -0.2) is 9.59 Å². The molecule has 8 nitrogen and oxygen atoms in total. The van der Waals surface area contributed by atoms with Gasteiger partial charge < -0.3 is 29.0 Å². The second-order valence-electron chi connectivity index (χ2n) is 9.35. The molecule has 0 aliphatic rings. The van der Waals surface area contributed by atoms with Crippen LogP contribution in [-0.4, -0.2) is 58.2 Å². The van der Waals surface area contributed by atoms with Crippen molar-refractivity contribution in [1.29, 1.82) is 0 Å². The Hall–Kier alpha value is -2.48. The first-order valence-electron chi connectivity index (χ1n) is 11.4. The summed E-state index contributed by atoms with van der Waals surface area (Å²) in [5.74, 6) is 1.19. The second kappa shape index (κ2) is 13.9. The van der Waals surface area contributed by atoms with E-state index in [2.05, 4.69) is 19.2 Å². The summed E-state index contributed by atoms with van der Waals surface area (Å²) < 4.78 is 26.6. The normalized spacial score (nSPS) is 13.2. The monoisotopic (exact) mass is 467 g/mol. The first kappa shape index (κ1) is 28.6. The molecule has 1 aromatic rings. The fourth-order valence-corrected chi connectivity index (χ4v) is 3.35. The molecule has 0 radical (unpaired) electrons. The predicted octanol–water partition coefficient (Wildman–Crippen LogP) is 4.38. The molecule has 0 unspecified atom stereocenters. The molecule has 0 saturated heterocycles. The zero-order valence-electron chi connectivity index (χ0n) is 21.4. The van der Waals surface area contributed by atoms with Crippen LogP contribution in [0.25, 0.3) is 0 Å². The van der Waals surface area contributed by atoms with Gasteiger partial charge in [-0.2, -0.15) is 0 Å². The minimum atomic E-state index is -0.805. The van der Waals surface area contributed by atoms with Gasteiger partial charge in [-0.1, -0.05) is 19.9 Å². The molecule has 1 aromatic carbocycles. The second-order valence-corrected chi connectivity index (χ2v) is 9.35. The maximum atomic E-state index is 12.4. The highest BCUT2D eigenvalue weighted by molar-refractivity contribution is 5.81. The predicted molar refractivity (Wildman–Crippen MR) is 127 cm³/mol. The number of ether oxygens (including phenoxy) is 5. The minimum absolute atomic E-state index is 0.0961. The van der Waals surface area contributed by atoms with Gasteiger partial charge in [0.15, 0.2) is 11.5 Å². The van der Waals surface area contributed by atoms with Gasteiger partial charge in [-0.05, 0) is 63.1 Å². The molecule has 0 aliphatic carbocycles. The van der Waals surface area contributed by atoms with Crippen molar-refractivity contribution in [3.63, 3.8) is 0 Å². The molecule has 0 aliphatic heterocycles. The maximum Gasteiger partial charge on any atom is 0.408 e. The van der Waals surface area contributed by atoms with Crippen molar-refractivity contribution < 1.29 is 33.3 Å². The zero-order chi connectivity index (χ0) is 25.0. The van der Waals surface area contributed by atoms with Crippen LogP contribution < -0.4 is 14.8 Å². The van der Waals surface area contributed by atoms with Crippen molar-refractivity contribution >= 4 is 12.1 Å². The van der Waals surface area contributed by atoms with Gasteiger partial charge in [-0.3, -0.25) is 0 Å². The van der Waals surface area contributed by atoms with E-state index < -0.39 is 23.7 Å². The van der Waals surface area contributed by atoms with E-state index in [9.17, 15) is 9.59 Å². The summed E-state index contributed by atoms with van der Waals surface area (Å²) in [6.07, 6.45) is 1.24. The summed E-state index contributed by atoms with van der Waals surface area (Å²) in [6, 6.07) is 5.04. The molecule has 33 heavy (non-hydrogen) atoms. The lowest BCUT2D eigenvalue weighted by molar-refractivity contribution is -0.143. The first-order chi connectivity index (χ1) is 15.5. The van der Waals surface area contributed by atoms with E-state index in [1.165, 1.54) is 7.11 Å². The Labute approximate surface area is 198 Å². The molecule has 1 amide bonds. The van der Waals surface area contributed by atoms with Crippen molar-refractivity contribution in [1.82, 2.24) is 5.32 Å². The number of nitrogens with one attached hydrogen (secondary N) is 1. The van der Waals surface area contributed by atoms with Crippen molar-refractivity contribution in [2.75, 3.05) is 34.5 Å². The molecule has 8 heteroatoms. The third-order valence-corrected chi connectivity index (χ3v) is 5.13. The number of hydrogen-bond donors (Lipinski definition) is 1. The number of carbonyl (C=O) groups excluding carboxylic acids is 2. The first-order valence-corrected chi connectivity index (χ1v) is 11.4. The van der Waals surface area contributed by atoms with Gasteiger partial charge in [0, 0.05) is 20.1 Å². The molecule has 0 spiro atoms. The molecule has 0 saturated carbocycles. The van der Waals surface area contributed by atoms with Crippen LogP contribution in [0, 0.1) is 11.8 Å². The quantitative estimate of drug-likeness (QED) is 0.340. The van der Waals surface area contributed by atoms with Gasteiger partial charge >= 0.3 is 12.1 Å². The van der Waals surface area contributed by atoms with E-state index in [1.807, 2.05) is 18.2 Å². The third-order valence-electron chi connectivity index (χ3n) is 5.13. The van der Waals surface area contributed by atoms with Gasteiger partial charge in [0.25, 0.3) is 0 Å². The molecule has 0 heterocycles. The lowest BCUT2D eigenvalue weighted by Gasteiger charge is -2.27. The molecular weight excluding hydrogens is 426 g/mol. The Morgan fingerprint density at radius 1 is 1.03 bits per heavy atom. The highest BCUT2D eigenvalue weighted by atomic mass is 16.6. The fourth-order valence-electron chi connectivity index (χ4n) is 3.35. The number of esters is 1. The SMILES string of the molecule is COCCCOc1cc(C[C@@H](C[C@H](NC(=O)OC(C)(C)C)C(=O)OC)C(C)C)ccc1OC.